The van der Waals surface area contributed by atoms with E-state index in [9.17, 15) is 4.79 Å². The Morgan fingerprint density at radius 1 is 1.06 bits per heavy atom. The molecule has 0 saturated heterocycles. The van der Waals surface area contributed by atoms with Gasteiger partial charge in [0.15, 0.2) is 0 Å². The summed E-state index contributed by atoms with van der Waals surface area (Å²) in [5.74, 6) is 1.19. The Bertz CT molecular complexity index is 342. The van der Waals surface area contributed by atoms with Crippen molar-refractivity contribution in [1.29, 1.82) is 0 Å². The summed E-state index contributed by atoms with van der Waals surface area (Å²) in [6, 6.07) is 10.7. The third kappa shape index (κ3) is 4.33. The van der Waals surface area contributed by atoms with Gasteiger partial charge in [0, 0.05) is 12.8 Å². The lowest BCUT2D eigenvalue weighted by Crippen LogP contribution is -1.95. The van der Waals surface area contributed by atoms with Crippen molar-refractivity contribution in [1.82, 2.24) is 0 Å². The molecular formula is C16H22O. The van der Waals surface area contributed by atoms with Crippen molar-refractivity contribution in [2.24, 2.45) is 5.92 Å². The molecule has 0 aromatic heterocycles. The molecule has 0 radical (unpaired) electrons. The monoisotopic (exact) mass is 230 g/mol. The highest BCUT2D eigenvalue weighted by Crippen LogP contribution is 2.26. The summed E-state index contributed by atoms with van der Waals surface area (Å²) < 4.78 is 0. The number of rotatable bonds is 6. The van der Waals surface area contributed by atoms with Crippen LogP contribution in [-0.4, -0.2) is 5.78 Å². The minimum Gasteiger partial charge on any atom is -0.300 e. The van der Waals surface area contributed by atoms with Crippen molar-refractivity contribution in [3.8, 4) is 0 Å². The number of hydrogen-bond acceptors (Lipinski definition) is 1. The molecule has 1 aromatic rings. The molecule has 0 spiro atoms. The molecule has 92 valence electrons. The van der Waals surface area contributed by atoms with Crippen LogP contribution >= 0.6 is 0 Å². The first-order valence-electron chi connectivity index (χ1n) is 6.90. The number of benzene rings is 1. The van der Waals surface area contributed by atoms with Gasteiger partial charge in [-0.05, 0) is 30.7 Å². The summed E-state index contributed by atoms with van der Waals surface area (Å²) in [5.41, 5.74) is 1.45. The number of Topliss-reactive ketones (excluding diaryl/α,β-unsaturated/α-hetero) is 1. The zero-order chi connectivity index (χ0) is 11.9. The Morgan fingerprint density at radius 2 is 1.88 bits per heavy atom. The van der Waals surface area contributed by atoms with Crippen molar-refractivity contribution >= 4 is 5.78 Å². The molecule has 17 heavy (non-hydrogen) atoms. The van der Waals surface area contributed by atoms with Crippen molar-refractivity contribution in [3.63, 3.8) is 0 Å². The van der Waals surface area contributed by atoms with E-state index in [1.807, 2.05) is 0 Å². The average Bonchev–Trinajstić information content (AvgIpc) is 2.76. The van der Waals surface area contributed by atoms with E-state index in [0.29, 0.717) is 11.7 Å². The van der Waals surface area contributed by atoms with Gasteiger partial charge in [0.05, 0.1) is 0 Å². The van der Waals surface area contributed by atoms with Crippen molar-refractivity contribution < 1.29 is 4.79 Å². The van der Waals surface area contributed by atoms with E-state index in [1.165, 1.54) is 37.7 Å². The number of carbonyl (C=O) groups excluding carboxylic acids is 1. The summed E-state index contributed by atoms with van der Waals surface area (Å²) in [7, 11) is 0. The van der Waals surface area contributed by atoms with Crippen LogP contribution in [0, 0.1) is 5.92 Å². The van der Waals surface area contributed by atoms with Crippen molar-refractivity contribution in [2.75, 3.05) is 0 Å². The molecule has 1 heteroatoms. The van der Waals surface area contributed by atoms with Crippen LogP contribution in [0.3, 0.4) is 0 Å². The third-order valence-corrected chi connectivity index (χ3v) is 3.77. The SMILES string of the molecule is O=C1CCC(CCCCCc2ccccc2)C1. The van der Waals surface area contributed by atoms with E-state index in [0.717, 1.165) is 19.3 Å². The predicted octanol–water partition coefficient (Wildman–Crippen LogP) is 4.16. The molecule has 1 saturated carbocycles. The quantitative estimate of drug-likeness (QED) is 0.671. The van der Waals surface area contributed by atoms with Gasteiger partial charge in [0.2, 0.25) is 0 Å². The van der Waals surface area contributed by atoms with Crippen LogP contribution in [-0.2, 0) is 11.2 Å². The average molecular weight is 230 g/mol. The largest absolute Gasteiger partial charge is 0.300 e. The molecule has 2 rings (SSSR count). The Labute approximate surface area is 104 Å². The van der Waals surface area contributed by atoms with Gasteiger partial charge in [-0.15, -0.1) is 0 Å². The molecule has 1 atom stereocenters. The number of hydrogen-bond donors (Lipinski definition) is 0. The van der Waals surface area contributed by atoms with Gasteiger partial charge in [-0.25, -0.2) is 0 Å². The van der Waals surface area contributed by atoms with E-state index >= 15 is 0 Å². The molecule has 0 aliphatic heterocycles. The summed E-state index contributed by atoms with van der Waals surface area (Å²) in [4.78, 5) is 11.1. The van der Waals surface area contributed by atoms with Gasteiger partial charge in [-0.2, -0.15) is 0 Å². The number of carbonyl (C=O) groups is 1. The standard InChI is InChI=1S/C16H22O/c17-16-12-11-15(13-16)10-6-2-5-9-14-7-3-1-4-8-14/h1,3-4,7-8,15H,2,5-6,9-13H2. The molecule has 0 N–H and O–H groups in total. The van der Waals surface area contributed by atoms with Crippen LogP contribution in [0.1, 0.15) is 50.5 Å². The smallest absolute Gasteiger partial charge is 0.133 e. The topological polar surface area (TPSA) is 17.1 Å². The molecule has 1 nitrogen and oxygen atoms in total. The van der Waals surface area contributed by atoms with Crippen LogP contribution < -0.4 is 0 Å². The third-order valence-electron chi connectivity index (χ3n) is 3.77. The van der Waals surface area contributed by atoms with Gasteiger partial charge in [-0.1, -0.05) is 49.6 Å². The number of unbranched alkanes of at least 4 members (excludes halogenated alkanes) is 2. The molecule has 1 unspecified atom stereocenters. The molecule has 0 bridgehead atoms. The van der Waals surface area contributed by atoms with Crippen LogP contribution in [0.15, 0.2) is 30.3 Å². The second-order valence-corrected chi connectivity index (χ2v) is 5.23. The lowest BCUT2D eigenvalue weighted by atomic mass is 9.98. The van der Waals surface area contributed by atoms with Crippen LogP contribution in [0.5, 0.6) is 0 Å². The van der Waals surface area contributed by atoms with Crippen molar-refractivity contribution in [2.45, 2.75) is 51.4 Å². The number of ketones is 1. The first-order valence-corrected chi connectivity index (χ1v) is 6.90. The highest BCUT2D eigenvalue weighted by atomic mass is 16.1. The molecular weight excluding hydrogens is 208 g/mol. The first kappa shape index (κ1) is 12.3. The predicted molar refractivity (Wildman–Crippen MR) is 71.0 cm³/mol. The minimum atomic E-state index is 0.485. The number of aryl methyl sites for hydroxylation is 1. The van der Waals surface area contributed by atoms with Gasteiger partial charge in [-0.3, -0.25) is 4.79 Å². The summed E-state index contributed by atoms with van der Waals surface area (Å²) in [5, 5.41) is 0. The Kier molecular flexibility index (Phi) is 4.78. The zero-order valence-corrected chi connectivity index (χ0v) is 10.5. The maximum absolute atomic E-state index is 11.1. The van der Waals surface area contributed by atoms with Crippen LogP contribution in [0.4, 0.5) is 0 Å². The van der Waals surface area contributed by atoms with Gasteiger partial charge >= 0.3 is 0 Å². The highest BCUT2D eigenvalue weighted by Gasteiger charge is 2.20. The fourth-order valence-electron chi connectivity index (χ4n) is 2.72. The molecule has 1 fully saturated rings. The van der Waals surface area contributed by atoms with Crippen LogP contribution in [0.25, 0.3) is 0 Å². The molecule has 0 heterocycles. The molecule has 1 aliphatic rings. The van der Waals surface area contributed by atoms with E-state index in [1.54, 1.807) is 0 Å². The first-order chi connectivity index (χ1) is 8.34. The molecule has 1 aliphatic carbocycles. The second-order valence-electron chi connectivity index (χ2n) is 5.23. The van der Waals surface area contributed by atoms with Gasteiger partial charge in [0.25, 0.3) is 0 Å². The zero-order valence-electron chi connectivity index (χ0n) is 10.5. The van der Waals surface area contributed by atoms with E-state index in [-0.39, 0.29) is 0 Å². The fraction of sp³-hybridized carbons (Fsp3) is 0.562. The van der Waals surface area contributed by atoms with Crippen LogP contribution in [0.2, 0.25) is 0 Å². The fourth-order valence-corrected chi connectivity index (χ4v) is 2.72. The Hall–Kier alpha value is -1.11. The van der Waals surface area contributed by atoms with E-state index in [2.05, 4.69) is 30.3 Å². The summed E-state index contributed by atoms with van der Waals surface area (Å²) >= 11 is 0. The second kappa shape index (κ2) is 6.58. The van der Waals surface area contributed by atoms with Crippen molar-refractivity contribution in [3.05, 3.63) is 35.9 Å². The lowest BCUT2D eigenvalue weighted by molar-refractivity contribution is -0.117. The maximum Gasteiger partial charge on any atom is 0.133 e. The normalized spacial score (nSPS) is 19.8. The lowest BCUT2D eigenvalue weighted by Gasteiger charge is -2.07. The van der Waals surface area contributed by atoms with E-state index < -0.39 is 0 Å². The van der Waals surface area contributed by atoms with Gasteiger partial charge in [0.1, 0.15) is 5.78 Å². The summed E-state index contributed by atoms with van der Waals surface area (Å²) in [6.07, 6.45) is 9.20. The highest BCUT2D eigenvalue weighted by molar-refractivity contribution is 5.80. The van der Waals surface area contributed by atoms with E-state index in [4.69, 9.17) is 0 Å². The Morgan fingerprint density at radius 3 is 2.59 bits per heavy atom. The summed E-state index contributed by atoms with van der Waals surface area (Å²) in [6.45, 7) is 0. The molecule has 1 aromatic carbocycles. The van der Waals surface area contributed by atoms with Gasteiger partial charge < -0.3 is 0 Å². The molecule has 0 amide bonds. The Balaban J connectivity index is 1.53. The minimum absolute atomic E-state index is 0.485. The maximum atomic E-state index is 11.1.